The van der Waals surface area contributed by atoms with Crippen LogP contribution in [-0.2, 0) is 21.4 Å². The molecule has 0 saturated carbocycles. The molecule has 1 aliphatic heterocycles. The number of likely N-dealkylation sites (tertiary alicyclic amines) is 1. The smallest absolute Gasteiger partial charge is 0.238 e. The molecule has 8 nitrogen and oxygen atoms in total. The van der Waals surface area contributed by atoms with Gasteiger partial charge in [0.05, 0.1) is 29.7 Å². The third kappa shape index (κ3) is 6.60. The first-order valence-corrected chi connectivity index (χ1v) is 10.2. The van der Waals surface area contributed by atoms with Gasteiger partial charge in [0.1, 0.15) is 0 Å². The Labute approximate surface area is 168 Å². The van der Waals surface area contributed by atoms with Crippen LogP contribution in [0.4, 0.5) is 5.69 Å². The first kappa shape index (κ1) is 22.4. The molecule has 8 heteroatoms. The lowest BCUT2D eigenvalue weighted by Gasteiger charge is -2.30. The lowest BCUT2D eigenvalue weighted by molar-refractivity contribution is -0.126. The number of nitrogens with zero attached hydrogens (tertiary/aromatic N) is 3. The summed E-state index contributed by atoms with van der Waals surface area (Å²) in [6.07, 6.45) is 2.62. The zero-order chi connectivity index (χ0) is 20.7. The fourth-order valence-electron chi connectivity index (χ4n) is 3.44. The van der Waals surface area contributed by atoms with Crippen molar-refractivity contribution >= 4 is 17.5 Å². The molecule has 2 rings (SSSR count). The maximum atomic E-state index is 12.4. The number of aryl methyl sites for hydroxylation is 2. The van der Waals surface area contributed by atoms with Crippen LogP contribution in [0.25, 0.3) is 0 Å². The molecule has 1 fully saturated rings. The summed E-state index contributed by atoms with van der Waals surface area (Å²) in [6, 6.07) is 0. The van der Waals surface area contributed by atoms with Crippen molar-refractivity contribution in [2.24, 2.45) is 13.0 Å². The summed E-state index contributed by atoms with van der Waals surface area (Å²) < 4.78 is 7.25. The summed E-state index contributed by atoms with van der Waals surface area (Å²) in [5.74, 6) is 0.121. The van der Waals surface area contributed by atoms with E-state index in [0.29, 0.717) is 19.7 Å². The van der Waals surface area contributed by atoms with Crippen LogP contribution in [0.5, 0.6) is 0 Å². The number of carbonyl (C=O) groups excluding carboxylic acids is 2. The predicted molar refractivity (Wildman–Crippen MR) is 109 cm³/mol. The van der Waals surface area contributed by atoms with Crippen LogP contribution in [0.2, 0.25) is 0 Å². The topological polar surface area (TPSA) is 88.5 Å². The Morgan fingerprint density at radius 2 is 1.93 bits per heavy atom. The average molecular weight is 394 g/mol. The molecule has 0 aromatic carbocycles. The van der Waals surface area contributed by atoms with E-state index in [2.05, 4.69) is 20.6 Å². The van der Waals surface area contributed by atoms with E-state index in [1.54, 1.807) is 4.68 Å². The second kappa shape index (κ2) is 10.6. The molecule has 1 aromatic rings. The number of amides is 2. The Morgan fingerprint density at radius 1 is 1.25 bits per heavy atom. The highest BCUT2D eigenvalue weighted by Gasteiger charge is 2.26. The Hall–Kier alpha value is -1.93. The van der Waals surface area contributed by atoms with Gasteiger partial charge >= 0.3 is 0 Å². The van der Waals surface area contributed by atoms with Gasteiger partial charge in [-0.25, -0.2) is 0 Å². The fourth-order valence-corrected chi connectivity index (χ4v) is 3.44. The van der Waals surface area contributed by atoms with E-state index in [1.165, 1.54) is 0 Å². The van der Waals surface area contributed by atoms with Crippen LogP contribution in [0.15, 0.2) is 0 Å². The van der Waals surface area contributed by atoms with E-state index < -0.39 is 0 Å². The highest BCUT2D eigenvalue weighted by molar-refractivity contribution is 5.93. The number of ether oxygens (including phenoxy) is 1. The molecule has 2 heterocycles. The summed E-state index contributed by atoms with van der Waals surface area (Å²) in [5.41, 5.74) is 2.56. The van der Waals surface area contributed by atoms with E-state index in [0.717, 1.165) is 49.4 Å². The number of anilines is 1. The maximum Gasteiger partial charge on any atom is 0.238 e. The number of carbonyl (C=O) groups is 2. The van der Waals surface area contributed by atoms with Gasteiger partial charge in [0.2, 0.25) is 11.8 Å². The van der Waals surface area contributed by atoms with Crippen molar-refractivity contribution < 1.29 is 14.3 Å². The minimum atomic E-state index is -0.0349. The highest BCUT2D eigenvalue weighted by Crippen LogP contribution is 2.20. The molecule has 1 aliphatic rings. The van der Waals surface area contributed by atoms with Crippen LogP contribution in [0.1, 0.15) is 44.5 Å². The number of hydrogen-bond donors (Lipinski definition) is 2. The molecule has 2 N–H and O–H groups in total. The SMILES string of the molecule is Cc1nn(C)c(C)c1NC(=O)CN1CCC(C(=O)NCCCOC(C)C)CC1. The van der Waals surface area contributed by atoms with Gasteiger partial charge in [-0.3, -0.25) is 19.2 Å². The molecule has 0 radical (unpaired) electrons. The van der Waals surface area contributed by atoms with Crippen molar-refractivity contribution in [2.45, 2.75) is 53.1 Å². The molecule has 2 amide bonds. The quantitative estimate of drug-likeness (QED) is 0.623. The molecule has 0 bridgehead atoms. The third-order valence-corrected chi connectivity index (χ3v) is 5.17. The summed E-state index contributed by atoms with van der Waals surface area (Å²) in [5, 5.41) is 10.3. The monoisotopic (exact) mass is 393 g/mol. The van der Waals surface area contributed by atoms with Crippen LogP contribution < -0.4 is 10.6 Å². The summed E-state index contributed by atoms with van der Waals surface area (Å²) >= 11 is 0. The number of rotatable bonds is 9. The summed E-state index contributed by atoms with van der Waals surface area (Å²) in [6.45, 7) is 11.0. The van der Waals surface area contributed by atoms with Gasteiger partial charge in [-0.05, 0) is 60.0 Å². The second-order valence-electron chi connectivity index (χ2n) is 7.83. The van der Waals surface area contributed by atoms with E-state index in [1.807, 2.05) is 34.7 Å². The van der Waals surface area contributed by atoms with Crippen molar-refractivity contribution in [3.05, 3.63) is 11.4 Å². The molecule has 1 saturated heterocycles. The Balaban J connectivity index is 1.67. The first-order chi connectivity index (χ1) is 13.3. The average Bonchev–Trinajstić information content (AvgIpc) is 2.87. The highest BCUT2D eigenvalue weighted by atomic mass is 16.5. The van der Waals surface area contributed by atoms with Crippen molar-refractivity contribution in [1.82, 2.24) is 20.0 Å². The molecule has 0 atom stereocenters. The van der Waals surface area contributed by atoms with Crippen LogP contribution in [0, 0.1) is 19.8 Å². The lowest BCUT2D eigenvalue weighted by Crippen LogP contribution is -2.43. The van der Waals surface area contributed by atoms with Gasteiger partial charge in [0.15, 0.2) is 0 Å². The minimum absolute atomic E-state index is 0.0349. The van der Waals surface area contributed by atoms with Crippen molar-refractivity contribution in [1.29, 1.82) is 0 Å². The standard InChI is InChI=1S/C20H35N5O3/c1-14(2)28-12-6-9-21-20(27)17-7-10-25(11-8-17)13-18(26)22-19-15(3)23-24(5)16(19)4/h14,17H,6-13H2,1-5H3,(H,21,27)(H,22,26). The van der Waals surface area contributed by atoms with E-state index >= 15 is 0 Å². The normalized spacial score (nSPS) is 15.8. The van der Waals surface area contributed by atoms with Gasteiger partial charge in [0, 0.05) is 26.1 Å². The molecule has 158 valence electrons. The van der Waals surface area contributed by atoms with Crippen LogP contribution in [-0.4, -0.2) is 65.4 Å². The summed E-state index contributed by atoms with van der Waals surface area (Å²) in [7, 11) is 1.87. The zero-order valence-corrected chi connectivity index (χ0v) is 17.9. The van der Waals surface area contributed by atoms with Crippen molar-refractivity contribution in [3.63, 3.8) is 0 Å². The van der Waals surface area contributed by atoms with Gasteiger partial charge < -0.3 is 15.4 Å². The number of piperidine rings is 1. The van der Waals surface area contributed by atoms with Gasteiger partial charge in [0.25, 0.3) is 0 Å². The van der Waals surface area contributed by atoms with Gasteiger partial charge in [-0.2, -0.15) is 5.10 Å². The Morgan fingerprint density at radius 3 is 2.50 bits per heavy atom. The van der Waals surface area contributed by atoms with Gasteiger partial charge in [-0.1, -0.05) is 0 Å². The molecular weight excluding hydrogens is 358 g/mol. The number of hydrogen-bond acceptors (Lipinski definition) is 5. The zero-order valence-electron chi connectivity index (χ0n) is 17.9. The Bertz CT molecular complexity index is 663. The molecule has 1 aromatic heterocycles. The molecule has 28 heavy (non-hydrogen) atoms. The fraction of sp³-hybridized carbons (Fsp3) is 0.750. The molecule has 0 spiro atoms. The lowest BCUT2D eigenvalue weighted by atomic mass is 9.96. The van der Waals surface area contributed by atoms with Crippen molar-refractivity contribution in [2.75, 3.05) is 38.1 Å². The Kier molecular flexibility index (Phi) is 8.44. The second-order valence-corrected chi connectivity index (χ2v) is 7.83. The maximum absolute atomic E-state index is 12.4. The van der Waals surface area contributed by atoms with Gasteiger partial charge in [-0.15, -0.1) is 0 Å². The third-order valence-electron chi connectivity index (χ3n) is 5.17. The van der Waals surface area contributed by atoms with Crippen molar-refractivity contribution in [3.8, 4) is 0 Å². The largest absolute Gasteiger partial charge is 0.379 e. The van der Waals surface area contributed by atoms with Crippen LogP contribution in [0.3, 0.4) is 0 Å². The molecule has 0 aliphatic carbocycles. The minimum Gasteiger partial charge on any atom is -0.379 e. The van der Waals surface area contributed by atoms with E-state index in [-0.39, 0.29) is 23.8 Å². The summed E-state index contributed by atoms with van der Waals surface area (Å²) in [4.78, 5) is 26.8. The molecule has 0 unspecified atom stereocenters. The van der Waals surface area contributed by atoms with Crippen LogP contribution >= 0.6 is 0 Å². The first-order valence-electron chi connectivity index (χ1n) is 10.2. The van der Waals surface area contributed by atoms with E-state index in [4.69, 9.17) is 4.74 Å². The molecular formula is C20H35N5O3. The number of aromatic nitrogens is 2. The predicted octanol–water partition coefficient (Wildman–Crippen LogP) is 1.62. The van der Waals surface area contributed by atoms with E-state index in [9.17, 15) is 9.59 Å². The number of nitrogens with one attached hydrogen (secondary N) is 2.